The van der Waals surface area contributed by atoms with Crippen LogP contribution in [0.1, 0.15) is 11.3 Å². The third kappa shape index (κ3) is 3.25. The Morgan fingerprint density at radius 3 is 3.29 bits per heavy atom. The number of rotatable bonds is 3. The van der Waals surface area contributed by atoms with E-state index in [0.717, 1.165) is 17.8 Å². The van der Waals surface area contributed by atoms with Crippen LogP contribution < -0.4 is 10.6 Å². The maximum absolute atomic E-state index is 11.8. The van der Waals surface area contributed by atoms with Crippen LogP contribution in [0, 0.1) is 6.92 Å². The molecule has 2 rings (SSSR count). The number of hydrogen-bond donors (Lipinski definition) is 2. The summed E-state index contributed by atoms with van der Waals surface area (Å²) in [5.74, 6) is -0.0326. The molecule has 1 aliphatic rings. The highest BCUT2D eigenvalue weighted by Gasteiger charge is 2.20. The average Bonchev–Trinajstić information content (AvgIpc) is 2.38. The molecule has 0 aliphatic carbocycles. The van der Waals surface area contributed by atoms with Crippen molar-refractivity contribution in [2.24, 2.45) is 0 Å². The van der Waals surface area contributed by atoms with Crippen molar-refractivity contribution in [3.63, 3.8) is 0 Å². The first-order chi connectivity index (χ1) is 8.27. The van der Waals surface area contributed by atoms with Gasteiger partial charge in [-0.3, -0.25) is 9.78 Å². The summed E-state index contributed by atoms with van der Waals surface area (Å²) in [5, 5.41) is 5.98. The fraction of sp³-hybridized carbons (Fsp3) is 0.500. The molecule has 1 aromatic rings. The van der Waals surface area contributed by atoms with Gasteiger partial charge in [-0.1, -0.05) is 6.07 Å². The largest absolute Gasteiger partial charge is 0.378 e. The Bertz CT molecular complexity index is 389. The number of amides is 1. The molecule has 2 heterocycles. The molecular weight excluding hydrogens is 218 g/mol. The lowest BCUT2D eigenvalue weighted by atomic mass is 10.2. The van der Waals surface area contributed by atoms with E-state index >= 15 is 0 Å². The third-order valence-corrected chi connectivity index (χ3v) is 2.79. The van der Waals surface area contributed by atoms with E-state index in [1.54, 1.807) is 6.20 Å². The average molecular weight is 235 g/mol. The second kappa shape index (κ2) is 5.75. The number of carbonyl (C=O) groups excluding carboxylic acids is 1. The number of pyridine rings is 1. The minimum absolute atomic E-state index is 0.0326. The standard InChI is InChI=1S/C12H17N3O2/c1-9-3-2-4-13-10(9)7-15-12(16)11-8-17-6-5-14-11/h2-4,11,14H,5-8H2,1H3,(H,15,16). The van der Waals surface area contributed by atoms with E-state index in [2.05, 4.69) is 15.6 Å². The second-order valence-corrected chi connectivity index (χ2v) is 4.07. The van der Waals surface area contributed by atoms with Gasteiger partial charge in [0.05, 0.1) is 25.5 Å². The number of aromatic nitrogens is 1. The fourth-order valence-corrected chi connectivity index (χ4v) is 1.73. The Balaban J connectivity index is 1.85. The second-order valence-electron chi connectivity index (χ2n) is 4.07. The number of nitrogens with zero attached hydrogens (tertiary/aromatic N) is 1. The van der Waals surface area contributed by atoms with Gasteiger partial charge in [0, 0.05) is 12.7 Å². The molecule has 1 saturated heterocycles. The van der Waals surface area contributed by atoms with Crippen molar-refractivity contribution < 1.29 is 9.53 Å². The fourth-order valence-electron chi connectivity index (χ4n) is 1.73. The van der Waals surface area contributed by atoms with Crippen LogP contribution in [0.3, 0.4) is 0 Å². The van der Waals surface area contributed by atoms with E-state index < -0.39 is 0 Å². The molecule has 1 unspecified atom stereocenters. The lowest BCUT2D eigenvalue weighted by Gasteiger charge is -2.22. The summed E-state index contributed by atoms with van der Waals surface area (Å²) >= 11 is 0. The number of ether oxygens (including phenoxy) is 1. The maximum Gasteiger partial charge on any atom is 0.239 e. The molecule has 2 N–H and O–H groups in total. The zero-order valence-corrected chi connectivity index (χ0v) is 9.90. The van der Waals surface area contributed by atoms with Crippen molar-refractivity contribution >= 4 is 5.91 Å². The Morgan fingerprint density at radius 2 is 2.59 bits per heavy atom. The predicted octanol–water partition coefficient (Wildman–Crippen LogP) is -0.00538. The van der Waals surface area contributed by atoms with Gasteiger partial charge in [-0.25, -0.2) is 0 Å². The van der Waals surface area contributed by atoms with E-state index in [1.807, 2.05) is 19.1 Å². The molecule has 5 nitrogen and oxygen atoms in total. The van der Waals surface area contributed by atoms with Crippen molar-refractivity contribution in [1.82, 2.24) is 15.6 Å². The molecule has 0 bridgehead atoms. The van der Waals surface area contributed by atoms with Crippen LogP contribution in [0.4, 0.5) is 0 Å². The molecule has 1 atom stereocenters. The van der Waals surface area contributed by atoms with E-state index in [4.69, 9.17) is 4.74 Å². The highest BCUT2D eigenvalue weighted by atomic mass is 16.5. The van der Waals surface area contributed by atoms with Crippen molar-refractivity contribution in [3.05, 3.63) is 29.6 Å². The van der Waals surface area contributed by atoms with Gasteiger partial charge < -0.3 is 15.4 Å². The normalized spacial score (nSPS) is 19.9. The summed E-state index contributed by atoms with van der Waals surface area (Å²) in [6.07, 6.45) is 1.73. The lowest BCUT2D eigenvalue weighted by Crippen LogP contribution is -2.51. The summed E-state index contributed by atoms with van der Waals surface area (Å²) in [7, 11) is 0. The molecule has 0 spiro atoms. The quantitative estimate of drug-likeness (QED) is 0.774. The first-order valence-corrected chi connectivity index (χ1v) is 5.76. The molecule has 1 fully saturated rings. The van der Waals surface area contributed by atoms with Gasteiger partial charge in [0.15, 0.2) is 0 Å². The molecule has 1 aliphatic heterocycles. The number of aryl methyl sites for hydroxylation is 1. The first-order valence-electron chi connectivity index (χ1n) is 5.76. The van der Waals surface area contributed by atoms with Crippen LogP contribution in [0.15, 0.2) is 18.3 Å². The molecule has 92 valence electrons. The van der Waals surface area contributed by atoms with Crippen LogP contribution in [-0.4, -0.2) is 36.7 Å². The minimum atomic E-state index is -0.243. The minimum Gasteiger partial charge on any atom is -0.378 e. The van der Waals surface area contributed by atoms with Crippen LogP contribution in [0.5, 0.6) is 0 Å². The van der Waals surface area contributed by atoms with Gasteiger partial charge in [0.2, 0.25) is 5.91 Å². The Morgan fingerprint density at radius 1 is 1.71 bits per heavy atom. The molecule has 0 saturated carbocycles. The SMILES string of the molecule is Cc1cccnc1CNC(=O)C1COCCN1. The Hall–Kier alpha value is -1.46. The highest BCUT2D eigenvalue weighted by molar-refractivity contribution is 5.81. The summed E-state index contributed by atoms with van der Waals surface area (Å²) < 4.78 is 5.24. The zero-order valence-electron chi connectivity index (χ0n) is 9.90. The molecule has 1 aromatic heterocycles. The Kier molecular flexibility index (Phi) is 4.06. The van der Waals surface area contributed by atoms with Crippen molar-refractivity contribution in [3.8, 4) is 0 Å². The van der Waals surface area contributed by atoms with E-state index in [9.17, 15) is 4.79 Å². The van der Waals surface area contributed by atoms with E-state index in [1.165, 1.54) is 0 Å². The maximum atomic E-state index is 11.8. The van der Waals surface area contributed by atoms with E-state index in [-0.39, 0.29) is 11.9 Å². The molecule has 0 aromatic carbocycles. The monoisotopic (exact) mass is 235 g/mol. The lowest BCUT2D eigenvalue weighted by molar-refractivity contribution is -0.126. The summed E-state index contributed by atoms with van der Waals surface area (Å²) in [6, 6.07) is 3.63. The van der Waals surface area contributed by atoms with Gasteiger partial charge in [-0.2, -0.15) is 0 Å². The molecule has 0 radical (unpaired) electrons. The van der Waals surface area contributed by atoms with Crippen molar-refractivity contribution in [2.75, 3.05) is 19.8 Å². The van der Waals surface area contributed by atoms with Crippen LogP contribution in [0.2, 0.25) is 0 Å². The van der Waals surface area contributed by atoms with Gasteiger partial charge in [0.25, 0.3) is 0 Å². The van der Waals surface area contributed by atoms with Gasteiger partial charge in [-0.05, 0) is 18.6 Å². The summed E-state index contributed by atoms with van der Waals surface area (Å²) in [4.78, 5) is 16.0. The van der Waals surface area contributed by atoms with Gasteiger partial charge >= 0.3 is 0 Å². The molecule has 5 heteroatoms. The van der Waals surface area contributed by atoms with E-state index in [0.29, 0.717) is 19.8 Å². The van der Waals surface area contributed by atoms with Gasteiger partial charge in [-0.15, -0.1) is 0 Å². The number of hydrogen-bond acceptors (Lipinski definition) is 4. The molecule has 1 amide bonds. The predicted molar refractivity (Wildman–Crippen MR) is 63.4 cm³/mol. The van der Waals surface area contributed by atoms with Gasteiger partial charge in [0.1, 0.15) is 6.04 Å². The topological polar surface area (TPSA) is 63.2 Å². The first kappa shape index (κ1) is 12.0. The Labute approximate surface area is 101 Å². The van der Waals surface area contributed by atoms with Crippen LogP contribution in [0.25, 0.3) is 0 Å². The van der Waals surface area contributed by atoms with Crippen LogP contribution in [-0.2, 0) is 16.1 Å². The van der Waals surface area contributed by atoms with Crippen LogP contribution >= 0.6 is 0 Å². The molecule has 17 heavy (non-hydrogen) atoms. The number of carbonyl (C=O) groups is 1. The van der Waals surface area contributed by atoms with Crippen molar-refractivity contribution in [2.45, 2.75) is 19.5 Å². The summed E-state index contributed by atoms with van der Waals surface area (Å²) in [5.41, 5.74) is 1.98. The number of morpholine rings is 1. The summed E-state index contributed by atoms with van der Waals surface area (Å²) in [6.45, 7) is 4.27. The smallest absolute Gasteiger partial charge is 0.239 e. The van der Waals surface area contributed by atoms with Crippen molar-refractivity contribution in [1.29, 1.82) is 0 Å². The molecular formula is C12H17N3O2. The third-order valence-electron chi connectivity index (χ3n) is 2.79. The zero-order chi connectivity index (χ0) is 12.1. The number of nitrogens with one attached hydrogen (secondary N) is 2. The highest BCUT2D eigenvalue weighted by Crippen LogP contribution is 2.02.